The number of nitrogens with zero attached hydrogens (tertiary/aromatic N) is 3. The topological polar surface area (TPSA) is 78.8 Å². The van der Waals surface area contributed by atoms with Crippen molar-refractivity contribution in [2.75, 3.05) is 0 Å². The Morgan fingerprint density at radius 1 is 0.893 bits per heavy atom. The van der Waals surface area contributed by atoms with Crippen molar-refractivity contribution in [2.24, 2.45) is 0 Å². The van der Waals surface area contributed by atoms with Crippen LogP contribution in [0.3, 0.4) is 0 Å². The minimum absolute atomic E-state index is 0.163. The van der Waals surface area contributed by atoms with Crippen LogP contribution < -0.4 is 5.56 Å². The van der Waals surface area contributed by atoms with Crippen LogP contribution in [-0.2, 0) is 0 Å². The minimum Gasteiger partial charge on any atom is -0.338 e. The van der Waals surface area contributed by atoms with E-state index in [1.54, 1.807) is 0 Å². The van der Waals surface area contributed by atoms with E-state index in [1.807, 2.05) is 69.3 Å². The van der Waals surface area contributed by atoms with Crippen LogP contribution in [0, 0.1) is 20.8 Å². The summed E-state index contributed by atoms with van der Waals surface area (Å²) < 4.78 is 1.51. The smallest absolute Gasteiger partial charge is 0.283 e. The predicted molar refractivity (Wildman–Crippen MR) is 111 cm³/mol. The Morgan fingerprint density at radius 3 is 2.43 bits per heavy atom. The number of nitrogens with one attached hydrogen (secondary N) is 2. The third-order valence-electron chi connectivity index (χ3n) is 5.16. The Hall–Kier alpha value is -3.67. The van der Waals surface area contributed by atoms with Crippen LogP contribution in [0.4, 0.5) is 0 Å². The van der Waals surface area contributed by atoms with Crippen LogP contribution in [0.15, 0.2) is 53.3 Å². The molecule has 5 rings (SSSR count). The van der Waals surface area contributed by atoms with Gasteiger partial charge in [0.15, 0.2) is 5.65 Å². The summed E-state index contributed by atoms with van der Waals surface area (Å²) in [4.78, 5) is 26.1. The fourth-order valence-electron chi connectivity index (χ4n) is 3.81. The molecule has 0 amide bonds. The maximum Gasteiger partial charge on any atom is 0.283 e. The third kappa shape index (κ3) is 2.31. The molecule has 0 saturated carbocycles. The Bertz CT molecular complexity index is 1410. The predicted octanol–water partition coefficient (Wildman–Crippen LogP) is 4.16. The molecular formula is C22H19N5O. The van der Waals surface area contributed by atoms with Crippen LogP contribution >= 0.6 is 0 Å². The SMILES string of the molecule is Cc1nc2c(-c3ccccc3)c(C)[nH]n2c(=O)c1-c1nc2c(C)cccc2[nH]1. The normalized spacial score (nSPS) is 11.5. The molecular weight excluding hydrogens is 350 g/mol. The average molecular weight is 369 g/mol. The molecule has 2 aromatic carbocycles. The lowest BCUT2D eigenvalue weighted by Gasteiger charge is -2.04. The molecule has 0 bridgehead atoms. The molecule has 0 radical (unpaired) electrons. The molecule has 6 nitrogen and oxygen atoms in total. The molecule has 0 unspecified atom stereocenters. The second-order valence-corrected chi connectivity index (χ2v) is 7.07. The maximum atomic E-state index is 13.3. The molecule has 2 N–H and O–H groups in total. The van der Waals surface area contributed by atoms with Gasteiger partial charge in [-0.2, -0.15) is 0 Å². The van der Waals surface area contributed by atoms with Crippen LogP contribution in [0.25, 0.3) is 39.2 Å². The number of hydrogen-bond donors (Lipinski definition) is 2. The number of hydrogen-bond acceptors (Lipinski definition) is 3. The van der Waals surface area contributed by atoms with Gasteiger partial charge in [0, 0.05) is 11.3 Å². The molecule has 0 atom stereocenters. The van der Waals surface area contributed by atoms with Gasteiger partial charge in [0.05, 0.1) is 16.7 Å². The number of aryl methyl sites for hydroxylation is 3. The second kappa shape index (κ2) is 5.92. The quantitative estimate of drug-likeness (QED) is 0.490. The highest BCUT2D eigenvalue weighted by atomic mass is 16.1. The van der Waals surface area contributed by atoms with Crippen molar-refractivity contribution in [1.29, 1.82) is 0 Å². The summed E-state index contributed by atoms with van der Waals surface area (Å²) in [5.74, 6) is 0.544. The van der Waals surface area contributed by atoms with Gasteiger partial charge in [-0.05, 0) is 38.0 Å². The summed E-state index contributed by atoms with van der Waals surface area (Å²) in [6.07, 6.45) is 0. The van der Waals surface area contributed by atoms with E-state index in [9.17, 15) is 4.79 Å². The van der Waals surface area contributed by atoms with Crippen molar-refractivity contribution in [1.82, 2.24) is 24.6 Å². The van der Waals surface area contributed by atoms with Crippen molar-refractivity contribution in [3.63, 3.8) is 0 Å². The fraction of sp³-hybridized carbons (Fsp3) is 0.136. The van der Waals surface area contributed by atoms with Crippen molar-refractivity contribution >= 4 is 16.7 Å². The fourth-order valence-corrected chi connectivity index (χ4v) is 3.81. The highest BCUT2D eigenvalue weighted by Crippen LogP contribution is 2.28. The van der Waals surface area contributed by atoms with Gasteiger partial charge in [-0.1, -0.05) is 42.5 Å². The average Bonchev–Trinajstić information content (AvgIpc) is 3.24. The summed E-state index contributed by atoms with van der Waals surface area (Å²) in [7, 11) is 0. The number of imidazole rings is 1. The molecule has 138 valence electrons. The van der Waals surface area contributed by atoms with Crippen molar-refractivity contribution < 1.29 is 0 Å². The molecule has 3 aromatic heterocycles. The zero-order chi connectivity index (χ0) is 19.4. The van der Waals surface area contributed by atoms with Gasteiger partial charge in [0.1, 0.15) is 11.4 Å². The molecule has 0 aliphatic heterocycles. The number of H-pyrrole nitrogens is 2. The van der Waals surface area contributed by atoms with E-state index in [0.717, 1.165) is 33.4 Å². The third-order valence-corrected chi connectivity index (χ3v) is 5.16. The number of aromatic nitrogens is 5. The maximum absolute atomic E-state index is 13.3. The molecule has 0 fully saturated rings. The molecule has 0 aliphatic rings. The number of rotatable bonds is 2. The van der Waals surface area contributed by atoms with E-state index in [1.165, 1.54) is 4.52 Å². The van der Waals surface area contributed by atoms with E-state index in [2.05, 4.69) is 15.1 Å². The first kappa shape index (κ1) is 16.5. The molecule has 5 aromatic rings. The van der Waals surface area contributed by atoms with E-state index in [4.69, 9.17) is 4.98 Å². The van der Waals surface area contributed by atoms with Crippen LogP contribution in [0.1, 0.15) is 17.0 Å². The summed E-state index contributed by atoms with van der Waals surface area (Å²) in [6, 6.07) is 15.9. The lowest BCUT2D eigenvalue weighted by Crippen LogP contribution is -2.19. The number of benzene rings is 2. The van der Waals surface area contributed by atoms with Gasteiger partial charge < -0.3 is 4.98 Å². The highest BCUT2D eigenvalue weighted by molar-refractivity contribution is 5.84. The molecule has 0 spiro atoms. The first-order chi connectivity index (χ1) is 13.5. The van der Waals surface area contributed by atoms with Crippen LogP contribution in [0.2, 0.25) is 0 Å². The minimum atomic E-state index is -0.163. The monoisotopic (exact) mass is 369 g/mol. The Kier molecular flexibility index (Phi) is 3.49. The number of aromatic amines is 2. The highest BCUT2D eigenvalue weighted by Gasteiger charge is 2.20. The van der Waals surface area contributed by atoms with Crippen molar-refractivity contribution in [2.45, 2.75) is 20.8 Å². The first-order valence-electron chi connectivity index (χ1n) is 9.17. The lowest BCUT2D eigenvalue weighted by molar-refractivity contribution is 0.874. The van der Waals surface area contributed by atoms with Crippen molar-refractivity contribution in [3.05, 3.63) is 75.8 Å². The zero-order valence-electron chi connectivity index (χ0n) is 15.9. The number of fused-ring (bicyclic) bond motifs is 2. The first-order valence-corrected chi connectivity index (χ1v) is 9.17. The zero-order valence-corrected chi connectivity index (χ0v) is 15.9. The number of para-hydroxylation sites is 1. The Morgan fingerprint density at radius 2 is 1.68 bits per heavy atom. The van der Waals surface area contributed by atoms with Gasteiger partial charge in [-0.15, -0.1) is 0 Å². The van der Waals surface area contributed by atoms with E-state index in [0.29, 0.717) is 22.7 Å². The van der Waals surface area contributed by atoms with E-state index >= 15 is 0 Å². The van der Waals surface area contributed by atoms with E-state index in [-0.39, 0.29) is 5.56 Å². The van der Waals surface area contributed by atoms with Gasteiger partial charge in [0.25, 0.3) is 5.56 Å². The molecule has 6 heteroatoms. The largest absolute Gasteiger partial charge is 0.338 e. The molecule has 0 aliphatic carbocycles. The second-order valence-electron chi connectivity index (χ2n) is 7.07. The molecule has 3 heterocycles. The lowest BCUT2D eigenvalue weighted by atomic mass is 10.1. The standard InChI is InChI=1S/C22H19N5O/c1-12-8-7-11-16-19(12)25-20(24-16)18-13(2)23-21-17(15-9-5-4-6-10-15)14(3)26-27(21)22(18)28/h4-11,26H,1-3H3,(H,24,25). The summed E-state index contributed by atoms with van der Waals surface area (Å²) in [5.41, 5.74) is 7.30. The van der Waals surface area contributed by atoms with E-state index < -0.39 is 0 Å². The van der Waals surface area contributed by atoms with Crippen LogP contribution in [-0.4, -0.2) is 24.6 Å². The van der Waals surface area contributed by atoms with Gasteiger partial charge in [0.2, 0.25) is 0 Å². The summed E-state index contributed by atoms with van der Waals surface area (Å²) >= 11 is 0. The van der Waals surface area contributed by atoms with Crippen LogP contribution in [0.5, 0.6) is 0 Å². The van der Waals surface area contributed by atoms with Gasteiger partial charge in [-0.3, -0.25) is 9.89 Å². The Balaban J connectivity index is 1.80. The molecule has 28 heavy (non-hydrogen) atoms. The van der Waals surface area contributed by atoms with Crippen molar-refractivity contribution in [3.8, 4) is 22.5 Å². The summed E-state index contributed by atoms with van der Waals surface area (Å²) in [6.45, 7) is 5.82. The molecule has 0 saturated heterocycles. The summed E-state index contributed by atoms with van der Waals surface area (Å²) in [5, 5.41) is 3.18. The van der Waals surface area contributed by atoms with Gasteiger partial charge >= 0.3 is 0 Å². The Labute approximate surface area is 160 Å². The van der Waals surface area contributed by atoms with Gasteiger partial charge in [-0.25, -0.2) is 14.5 Å².